The van der Waals surface area contributed by atoms with E-state index in [9.17, 15) is 9.18 Å². The first-order chi connectivity index (χ1) is 7.26. The first-order valence-electron chi connectivity index (χ1n) is 5.03. The molecule has 82 valence electrons. The van der Waals surface area contributed by atoms with Crippen LogP contribution >= 0.6 is 0 Å². The van der Waals surface area contributed by atoms with E-state index < -0.39 is 0 Å². The number of aryl methyl sites for hydroxylation is 1. The quantitative estimate of drug-likeness (QED) is 0.700. The van der Waals surface area contributed by atoms with Crippen LogP contribution in [0.5, 0.6) is 0 Å². The standard InChI is InChI=1S/C8H9F.C4H6O2/c1-2-7-3-5-8(9)6-4-7;5-1-4-2-6-3-4/h3-6H,2H2,1H3;1,4H,2-3H2. The van der Waals surface area contributed by atoms with Crippen molar-refractivity contribution in [1.29, 1.82) is 0 Å². The molecule has 0 aliphatic carbocycles. The van der Waals surface area contributed by atoms with Crippen molar-refractivity contribution in [2.45, 2.75) is 13.3 Å². The molecule has 0 amide bonds. The third kappa shape index (κ3) is 4.21. The predicted molar refractivity (Wildman–Crippen MR) is 56.2 cm³/mol. The van der Waals surface area contributed by atoms with E-state index in [4.69, 9.17) is 4.74 Å². The molecule has 0 atom stereocenters. The molecule has 2 rings (SSSR count). The molecule has 1 aliphatic heterocycles. The fourth-order valence-electron chi connectivity index (χ4n) is 1.05. The van der Waals surface area contributed by atoms with Crippen LogP contribution in [-0.4, -0.2) is 19.5 Å². The van der Waals surface area contributed by atoms with Crippen LogP contribution in [0.2, 0.25) is 0 Å². The second-order valence-electron chi connectivity index (χ2n) is 3.41. The Kier molecular flexibility index (Phi) is 4.98. The van der Waals surface area contributed by atoms with Gasteiger partial charge in [0.05, 0.1) is 19.1 Å². The maximum atomic E-state index is 12.2. The van der Waals surface area contributed by atoms with E-state index in [2.05, 4.69) is 0 Å². The monoisotopic (exact) mass is 210 g/mol. The van der Waals surface area contributed by atoms with Crippen molar-refractivity contribution < 1.29 is 13.9 Å². The van der Waals surface area contributed by atoms with Gasteiger partial charge in [-0.25, -0.2) is 4.39 Å². The molecule has 1 aromatic rings. The van der Waals surface area contributed by atoms with E-state index in [0.29, 0.717) is 13.2 Å². The summed E-state index contributed by atoms with van der Waals surface area (Å²) in [6.07, 6.45) is 1.91. The Labute approximate surface area is 89.1 Å². The van der Waals surface area contributed by atoms with Crippen LogP contribution in [0.3, 0.4) is 0 Å². The zero-order valence-electron chi connectivity index (χ0n) is 8.78. The Bertz CT molecular complexity index is 291. The summed E-state index contributed by atoms with van der Waals surface area (Å²) in [7, 11) is 0. The maximum absolute atomic E-state index is 12.2. The average molecular weight is 210 g/mol. The number of halogens is 1. The number of rotatable bonds is 2. The molecule has 0 bridgehead atoms. The van der Waals surface area contributed by atoms with Gasteiger partial charge in [0.1, 0.15) is 12.1 Å². The molecular formula is C12H15FO2. The van der Waals surface area contributed by atoms with Crippen LogP contribution in [0.1, 0.15) is 12.5 Å². The molecule has 0 N–H and O–H groups in total. The molecule has 2 nitrogen and oxygen atoms in total. The molecule has 0 unspecified atom stereocenters. The van der Waals surface area contributed by atoms with Gasteiger partial charge >= 0.3 is 0 Å². The highest BCUT2D eigenvalue weighted by Gasteiger charge is 2.15. The fourth-order valence-corrected chi connectivity index (χ4v) is 1.05. The molecular weight excluding hydrogens is 195 g/mol. The van der Waals surface area contributed by atoms with Gasteiger partial charge < -0.3 is 9.53 Å². The van der Waals surface area contributed by atoms with E-state index in [-0.39, 0.29) is 11.7 Å². The van der Waals surface area contributed by atoms with Crippen molar-refractivity contribution in [1.82, 2.24) is 0 Å². The predicted octanol–water partition coefficient (Wildman–Crippen LogP) is 2.22. The molecule has 0 spiro atoms. The Balaban J connectivity index is 0.000000162. The molecule has 0 aromatic heterocycles. The highest BCUT2D eigenvalue weighted by atomic mass is 19.1. The van der Waals surface area contributed by atoms with Crippen LogP contribution in [-0.2, 0) is 16.0 Å². The van der Waals surface area contributed by atoms with Gasteiger partial charge in [0.25, 0.3) is 0 Å². The Morgan fingerprint density at radius 3 is 2.27 bits per heavy atom. The topological polar surface area (TPSA) is 26.3 Å². The summed E-state index contributed by atoms with van der Waals surface area (Å²) in [5.74, 6) is 0.0530. The van der Waals surface area contributed by atoms with Gasteiger partial charge in [-0.2, -0.15) is 0 Å². The number of carbonyl (C=O) groups excluding carboxylic acids is 1. The molecule has 1 heterocycles. The summed E-state index contributed by atoms with van der Waals surface area (Å²) in [5.41, 5.74) is 1.18. The summed E-state index contributed by atoms with van der Waals surface area (Å²) in [6.45, 7) is 3.33. The van der Waals surface area contributed by atoms with E-state index in [1.807, 2.05) is 6.92 Å². The lowest BCUT2D eigenvalue weighted by Crippen LogP contribution is -2.28. The smallest absolute Gasteiger partial charge is 0.127 e. The number of benzene rings is 1. The molecule has 1 aliphatic rings. The molecule has 0 radical (unpaired) electrons. The number of hydrogen-bond acceptors (Lipinski definition) is 2. The lowest BCUT2D eigenvalue weighted by Gasteiger charge is -2.18. The minimum absolute atomic E-state index is 0.160. The summed E-state index contributed by atoms with van der Waals surface area (Å²) >= 11 is 0. The van der Waals surface area contributed by atoms with Gasteiger partial charge in [0, 0.05) is 0 Å². The van der Waals surface area contributed by atoms with Gasteiger partial charge in [-0.05, 0) is 24.1 Å². The Morgan fingerprint density at radius 1 is 1.40 bits per heavy atom. The van der Waals surface area contributed by atoms with Crippen molar-refractivity contribution in [3.63, 3.8) is 0 Å². The van der Waals surface area contributed by atoms with Crippen LogP contribution in [0.25, 0.3) is 0 Å². The second-order valence-corrected chi connectivity index (χ2v) is 3.41. The van der Waals surface area contributed by atoms with E-state index >= 15 is 0 Å². The van der Waals surface area contributed by atoms with E-state index in [1.54, 1.807) is 12.1 Å². The van der Waals surface area contributed by atoms with Crippen molar-refractivity contribution >= 4 is 6.29 Å². The summed E-state index contributed by atoms with van der Waals surface area (Å²) in [4.78, 5) is 9.71. The van der Waals surface area contributed by atoms with Gasteiger partial charge in [-0.15, -0.1) is 0 Å². The molecule has 1 fully saturated rings. The number of hydrogen-bond donors (Lipinski definition) is 0. The van der Waals surface area contributed by atoms with Crippen molar-refractivity contribution in [2.75, 3.05) is 13.2 Å². The van der Waals surface area contributed by atoms with Crippen molar-refractivity contribution in [2.24, 2.45) is 5.92 Å². The number of ether oxygens (including phenoxy) is 1. The lowest BCUT2D eigenvalue weighted by atomic mass is 10.1. The number of aldehydes is 1. The third-order valence-electron chi connectivity index (χ3n) is 2.18. The van der Waals surface area contributed by atoms with Crippen LogP contribution in [0.4, 0.5) is 4.39 Å². The normalized spacial score (nSPS) is 14.8. The fraction of sp³-hybridized carbons (Fsp3) is 0.417. The highest BCUT2D eigenvalue weighted by Crippen LogP contribution is 2.04. The van der Waals surface area contributed by atoms with E-state index in [0.717, 1.165) is 12.7 Å². The largest absolute Gasteiger partial charge is 0.380 e. The molecule has 0 saturated carbocycles. The summed E-state index contributed by atoms with van der Waals surface area (Å²) in [6, 6.07) is 6.57. The first kappa shape index (κ1) is 11.9. The molecule has 1 aromatic carbocycles. The van der Waals surface area contributed by atoms with Gasteiger partial charge in [0.2, 0.25) is 0 Å². The minimum atomic E-state index is -0.160. The molecule has 15 heavy (non-hydrogen) atoms. The summed E-state index contributed by atoms with van der Waals surface area (Å²) < 4.78 is 16.9. The zero-order valence-corrected chi connectivity index (χ0v) is 8.78. The number of carbonyl (C=O) groups is 1. The van der Waals surface area contributed by atoms with Gasteiger partial charge in [0.15, 0.2) is 0 Å². The lowest BCUT2D eigenvalue weighted by molar-refractivity contribution is -0.123. The van der Waals surface area contributed by atoms with Crippen molar-refractivity contribution in [3.05, 3.63) is 35.6 Å². The van der Waals surface area contributed by atoms with Gasteiger partial charge in [-0.3, -0.25) is 0 Å². The summed E-state index contributed by atoms with van der Waals surface area (Å²) in [5, 5.41) is 0. The Hall–Kier alpha value is -1.22. The van der Waals surface area contributed by atoms with Crippen LogP contribution in [0, 0.1) is 11.7 Å². The molecule has 1 saturated heterocycles. The maximum Gasteiger partial charge on any atom is 0.127 e. The third-order valence-corrected chi connectivity index (χ3v) is 2.18. The SMILES string of the molecule is CCc1ccc(F)cc1.O=CC1COC1. The van der Waals surface area contributed by atoms with Crippen molar-refractivity contribution in [3.8, 4) is 0 Å². The van der Waals surface area contributed by atoms with E-state index in [1.165, 1.54) is 17.7 Å². The average Bonchev–Trinajstić information content (AvgIpc) is 2.18. The molecule has 3 heteroatoms. The van der Waals surface area contributed by atoms with Crippen LogP contribution < -0.4 is 0 Å². The van der Waals surface area contributed by atoms with Gasteiger partial charge in [-0.1, -0.05) is 19.1 Å². The zero-order chi connectivity index (χ0) is 11.1. The first-order valence-corrected chi connectivity index (χ1v) is 5.03. The second kappa shape index (κ2) is 6.30. The Morgan fingerprint density at radius 2 is 2.00 bits per heavy atom. The highest BCUT2D eigenvalue weighted by molar-refractivity contribution is 5.54. The minimum Gasteiger partial charge on any atom is -0.380 e. The van der Waals surface area contributed by atoms with Crippen LogP contribution in [0.15, 0.2) is 24.3 Å².